The molecule has 1 N–H and O–H groups in total. The van der Waals surface area contributed by atoms with Crippen molar-refractivity contribution in [2.75, 3.05) is 29.9 Å². The highest BCUT2D eigenvalue weighted by Gasteiger charge is 2.30. The fourth-order valence-corrected chi connectivity index (χ4v) is 3.55. The van der Waals surface area contributed by atoms with Crippen LogP contribution in [-0.4, -0.2) is 38.0 Å². The molecule has 0 saturated heterocycles. The van der Waals surface area contributed by atoms with Gasteiger partial charge in [0.25, 0.3) is 0 Å². The summed E-state index contributed by atoms with van der Waals surface area (Å²) in [6, 6.07) is 7.43. The van der Waals surface area contributed by atoms with E-state index in [9.17, 15) is 9.59 Å². The number of nitrogens with one attached hydrogen (secondary N) is 1. The normalized spacial score (nSPS) is 19.4. The van der Waals surface area contributed by atoms with Crippen LogP contribution in [0.25, 0.3) is 0 Å². The number of benzene rings is 1. The van der Waals surface area contributed by atoms with E-state index in [1.807, 2.05) is 31.3 Å². The number of nitrogens with zero attached hydrogens (tertiary/aromatic N) is 2. The van der Waals surface area contributed by atoms with Gasteiger partial charge in [0.1, 0.15) is 6.04 Å². The van der Waals surface area contributed by atoms with Crippen molar-refractivity contribution in [2.24, 2.45) is 5.92 Å². The lowest BCUT2D eigenvalue weighted by molar-refractivity contribution is -0.129. The molecular formula is C18H25N3O2. The van der Waals surface area contributed by atoms with Crippen molar-refractivity contribution < 1.29 is 9.59 Å². The second-order valence-corrected chi connectivity index (χ2v) is 6.61. The second kappa shape index (κ2) is 6.60. The maximum absolute atomic E-state index is 12.8. The fraction of sp³-hybridized carbons (Fsp3) is 0.556. The number of likely N-dealkylation sites (N-methyl/N-ethyl adjacent to an activating group) is 1. The molecule has 1 aromatic carbocycles. The number of carbonyl (C=O) groups is 2. The maximum atomic E-state index is 12.8. The summed E-state index contributed by atoms with van der Waals surface area (Å²) in [7, 11) is 2.03. The largest absolute Gasteiger partial charge is 0.371 e. The molecule has 0 bridgehead atoms. The van der Waals surface area contributed by atoms with Crippen molar-refractivity contribution in [3.05, 3.63) is 24.3 Å². The lowest BCUT2D eigenvalue weighted by Crippen LogP contribution is -2.51. The van der Waals surface area contributed by atoms with Crippen molar-refractivity contribution in [3.8, 4) is 0 Å². The minimum absolute atomic E-state index is 0.0307. The molecule has 5 nitrogen and oxygen atoms in total. The Bertz CT molecular complexity index is 596. The smallest absolute Gasteiger partial charge is 0.249 e. The first-order valence-electron chi connectivity index (χ1n) is 8.50. The molecule has 1 saturated carbocycles. The lowest BCUT2D eigenvalue weighted by Gasteiger charge is -2.37. The van der Waals surface area contributed by atoms with Crippen LogP contribution in [0.2, 0.25) is 0 Å². The van der Waals surface area contributed by atoms with E-state index in [1.54, 1.807) is 11.8 Å². The quantitative estimate of drug-likeness (QED) is 0.930. The Morgan fingerprint density at radius 1 is 1.13 bits per heavy atom. The zero-order valence-electron chi connectivity index (χ0n) is 13.9. The van der Waals surface area contributed by atoms with Crippen LogP contribution in [0.4, 0.5) is 11.4 Å². The van der Waals surface area contributed by atoms with Crippen LogP contribution in [0.5, 0.6) is 0 Å². The summed E-state index contributed by atoms with van der Waals surface area (Å²) >= 11 is 0. The Morgan fingerprint density at radius 3 is 2.48 bits per heavy atom. The molecule has 124 valence electrons. The van der Waals surface area contributed by atoms with Crippen LogP contribution in [-0.2, 0) is 9.59 Å². The number of hydrogen-bond donors (Lipinski definition) is 1. The van der Waals surface area contributed by atoms with Gasteiger partial charge in [0, 0.05) is 26.1 Å². The number of rotatable bonds is 3. The summed E-state index contributed by atoms with van der Waals surface area (Å²) in [5.74, 6) is 0.0904. The molecule has 2 amide bonds. The summed E-state index contributed by atoms with van der Waals surface area (Å²) in [5.41, 5.74) is 1.98. The lowest BCUT2D eigenvalue weighted by atomic mass is 10.1. The Kier molecular flexibility index (Phi) is 4.55. The van der Waals surface area contributed by atoms with Crippen LogP contribution in [0.3, 0.4) is 0 Å². The van der Waals surface area contributed by atoms with E-state index in [4.69, 9.17) is 0 Å². The summed E-state index contributed by atoms with van der Waals surface area (Å²) in [5, 5.41) is 2.92. The van der Waals surface area contributed by atoms with E-state index < -0.39 is 6.04 Å². The highest BCUT2D eigenvalue weighted by Crippen LogP contribution is 2.32. The molecule has 5 heteroatoms. The van der Waals surface area contributed by atoms with Crippen molar-refractivity contribution in [3.63, 3.8) is 0 Å². The number of fused-ring (bicyclic) bond motifs is 1. The SMILES string of the molecule is CC(NC(=O)C1CCCC1)C(=O)N1CCN(C)c2ccccc21. The topological polar surface area (TPSA) is 52.7 Å². The Balaban J connectivity index is 1.70. The monoisotopic (exact) mass is 315 g/mol. The van der Waals surface area contributed by atoms with Crippen LogP contribution >= 0.6 is 0 Å². The molecule has 1 aliphatic carbocycles. The zero-order chi connectivity index (χ0) is 16.4. The molecule has 1 aliphatic heterocycles. The molecular weight excluding hydrogens is 290 g/mol. The van der Waals surface area contributed by atoms with E-state index in [2.05, 4.69) is 10.2 Å². The number of anilines is 2. The number of hydrogen-bond acceptors (Lipinski definition) is 3. The van der Waals surface area contributed by atoms with Crippen LogP contribution in [0, 0.1) is 5.92 Å². The average molecular weight is 315 g/mol. The standard InChI is InChI=1S/C18H25N3O2/c1-13(19-17(22)14-7-3-4-8-14)18(23)21-12-11-20(2)15-9-5-6-10-16(15)21/h5-6,9-10,13-14H,3-4,7-8,11-12H2,1-2H3,(H,19,22). The van der Waals surface area contributed by atoms with Crippen molar-refractivity contribution in [2.45, 2.75) is 38.6 Å². The molecule has 23 heavy (non-hydrogen) atoms. The predicted molar refractivity (Wildman–Crippen MR) is 91.6 cm³/mol. The third-order valence-electron chi connectivity index (χ3n) is 4.96. The van der Waals surface area contributed by atoms with Gasteiger partial charge in [-0.1, -0.05) is 25.0 Å². The fourth-order valence-electron chi connectivity index (χ4n) is 3.55. The van der Waals surface area contributed by atoms with Gasteiger partial charge in [0.2, 0.25) is 11.8 Å². The number of carbonyl (C=O) groups excluding carboxylic acids is 2. The van der Waals surface area contributed by atoms with Crippen molar-refractivity contribution in [1.82, 2.24) is 5.32 Å². The first-order valence-corrected chi connectivity index (χ1v) is 8.50. The van der Waals surface area contributed by atoms with Gasteiger partial charge in [0.15, 0.2) is 0 Å². The minimum Gasteiger partial charge on any atom is -0.371 e. The summed E-state index contributed by atoms with van der Waals surface area (Å²) < 4.78 is 0. The van der Waals surface area contributed by atoms with E-state index in [0.29, 0.717) is 6.54 Å². The van der Waals surface area contributed by atoms with Gasteiger partial charge in [-0.15, -0.1) is 0 Å². The van der Waals surface area contributed by atoms with Gasteiger partial charge in [0.05, 0.1) is 11.4 Å². The highest BCUT2D eigenvalue weighted by molar-refractivity contribution is 6.02. The molecule has 2 aliphatic rings. The highest BCUT2D eigenvalue weighted by atomic mass is 16.2. The van der Waals surface area contributed by atoms with Crippen molar-refractivity contribution >= 4 is 23.2 Å². The van der Waals surface area contributed by atoms with E-state index in [-0.39, 0.29) is 17.7 Å². The third-order valence-corrected chi connectivity index (χ3v) is 4.96. The van der Waals surface area contributed by atoms with Crippen molar-refractivity contribution in [1.29, 1.82) is 0 Å². The van der Waals surface area contributed by atoms with E-state index in [1.165, 1.54) is 0 Å². The molecule has 1 heterocycles. The molecule has 0 radical (unpaired) electrons. The number of para-hydroxylation sites is 2. The predicted octanol–water partition coefficient (Wildman–Crippen LogP) is 2.16. The Hall–Kier alpha value is -2.04. The zero-order valence-corrected chi connectivity index (χ0v) is 13.9. The molecule has 1 atom stereocenters. The minimum atomic E-state index is -0.487. The van der Waals surface area contributed by atoms with Gasteiger partial charge in [-0.2, -0.15) is 0 Å². The summed E-state index contributed by atoms with van der Waals surface area (Å²) in [6.07, 6.45) is 4.13. The molecule has 1 aromatic rings. The third kappa shape index (κ3) is 3.19. The van der Waals surface area contributed by atoms with Gasteiger partial charge in [-0.3, -0.25) is 9.59 Å². The van der Waals surface area contributed by atoms with Crippen LogP contribution < -0.4 is 15.1 Å². The molecule has 1 unspecified atom stereocenters. The molecule has 0 aromatic heterocycles. The molecule has 3 rings (SSSR count). The average Bonchev–Trinajstić information content (AvgIpc) is 3.09. The molecule has 1 fully saturated rings. The molecule has 0 spiro atoms. The van der Waals surface area contributed by atoms with Gasteiger partial charge < -0.3 is 15.1 Å². The first kappa shape index (κ1) is 15.8. The van der Waals surface area contributed by atoms with E-state index >= 15 is 0 Å². The maximum Gasteiger partial charge on any atom is 0.249 e. The Labute approximate surface area is 137 Å². The van der Waals surface area contributed by atoms with Gasteiger partial charge >= 0.3 is 0 Å². The van der Waals surface area contributed by atoms with E-state index in [0.717, 1.165) is 43.6 Å². The van der Waals surface area contributed by atoms with Gasteiger partial charge in [-0.05, 0) is 31.9 Å². The Morgan fingerprint density at radius 2 is 1.78 bits per heavy atom. The second-order valence-electron chi connectivity index (χ2n) is 6.61. The summed E-state index contributed by atoms with van der Waals surface area (Å²) in [6.45, 7) is 3.23. The summed E-state index contributed by atoms with van der Waals surface area (Å²) in [4.78, 5) is 29.0. The first-order chi connectivity index (χ1) is 11.1. The van der Waals surface area contributed by atoms with Crippen LogP contribution in [0.1, 0.15) is 32.6 Å². The van der Waals surface area contributed by atoms with Gasteiger partial charge in [-0.25, -0.2) is 0 Å². The number of amides is 2. The van der Waals surface area contributed by atoms with Crippen LogP contribution in [0.15, 0.2) is 24.3 Å².